The Labute approximate surface area is 553 Å². The fourth-order valence-corrected chi connectivity index (χ4v) is 9.98. The number of aromatic nitrogens is 6. The van der Waals surface area contributed by atoms with Gasteiger partial charge in [0.05, 0.1) is 39.4 Å². The van der Waals surface area contributed by atoms with Crippen LogP contribution in [0.2, 0.25) is 0 Å². The molecule has 5 amide bonds. The minimum Gasteiger partial charge on any atom is -0.478 e. The second-order valence-electron chi connectivity index (χ2n) is 26.0. The maximum Gasteiger partial charge on any atom is 0.412 e. The molecular weight excluding hydrogens is 1210 g/mol. The van der Waals surface area contributed by atoms with E-state index in [9.17, 15) is 28.8 Å². The molecule has 95 heavy (non-hydrogen) atoms. The van der Waals surface area contributed by atoms with Gasteiger partial charge in [-0.15, -0.1) is 0 Å². The van der Waals surface area contributed by atoms with Crippen molar-refractivity contribution >= 4 is 76.7 Å². The van der Waals surface area contributed by atoms with Gasteiger partial charge < -0.3 is 66.8 Å². The SMILES string of the molecule is CC(C)(C)OC(=O)N1CCC(Nc2ncc(C(=O)O)cn2)CC1.CC(C)(C)OC(=O)Nc1ccc(-c2ccccc2)cc1NC(=O)c1cnc(NC2CCN(C(=O)OC(C)(C)C)CC2)nc1.Nc1ccc(-c2ccccc2)cc1NC(=O)c1cnc(NC2CCNCC2)nc1. The summed E-state index contributed by atoms with van der Waals surface area (Å²) in [7, 11) is 0. The topological polar surface area (TPSA) is 344 Å². The molecule has 0 radical (unpaired) electrons. The molecule has 0 spiro atoms. The highest BCUT2D eigenvalue weighted by atomic mass is 16.6. The largest absolute Gasteiger partial charge is 0.478 e. The Hall–Kier alpha value is -10.5. The maximum absolute atomic E-state index is 13.2. The van der Waals surface area contributed by atoms with Gasteiger partial charge in [0.1, 0.15) is 16.8 Å². The number of nitrogen functional groups attached to an aromatic ring is 1. The predicted octanol–water partition coefficient (Wildman–Crippen LogP) is 11.7. The van der Waals surface area contributed by atoms with E-state index in [2.05, 4.69) is 67.1 Å². The lowest BCUT2D eigenvalue weighted by Crippen LogP contribution is -2.44. The number of carbonyl (C=O) groups excluding carboxylic acids is 5. The normalized spacial score (nSPS) is 14.6. The van der Waals surface area contributed by atoms with Crippen LogP contribution in [0.1, 0.15) is 132 Å². The molecule has 6 heterocycles. The number of piperidine rings is 3. The summed E-state index contributed by atoms with van der Waals surface area (Å²) in [6, 6.07) is 31.2. The van der Waals surface area contributed by atoms with Crippen LogP contribution in [0.5, 0.6) is 0 Å². The lowest BCUT2D eigenvalue weighted by atomic mass is 10.0. The van der Waals surface area contributed by atoms with Crippen LogP contribution in [-0.4, -0.2) is 155 Å². The highest BCUT2D eigenvalue weighted by Gasteiger charge is 2.29. The van der Waals surface area contributed by atoms with E-state index in [1.807, 2.05) is 120 Å². The number of hydrogen-bond acceptors (Lipinski definition) is 20. The molecule has 3 saturated heterocycles. The zero-order valence-electron chi connectivity index (χ0n) is 55.2. The van der Waals surface area contributed by atoms with Crippen LogP contribution in [-0.2, 0) is 14.2 Å². The summed E-state index contributed by atoms with van der Waals surface area (Å²) in [5.41, 5.74) is 10.7. The van der Waals surface area contributed by atoms with E-state index in [4.69, 9.17) is 25.1 Å². The number of nitrogens with one attached hydrogen (secondary N) is 7. The minimum atomic E-state index is -1.05. The molecule has 7 aromatic rings. The first-order valence-corrected chi connectivity index (χ1v) is 31.6. The van der Waals surface area contributed by atoms with Crippen molar-refractivity contribution in [3.63, 3.8) is 0 Å². The average Bonchev–Trinajstić information content (AvgIpc) is 2.36. The van der Waals surface area contributed by atoms with Gasteiger partial charge in [-0.05, 0) is 160 Å². The molecule has 4 aromatic carbocycles. The Balaban J connectivity index is 0.000000193. The summed E-state index contributed by atoms with van der Waals surface area (Å²) < 4.78 is 16.2. The third kappa shape index (κ3) is 22.6. The zero-order chi connectivity index (χ0) is 68.3. The second-order valence-corrected chi connectivity index (χ2v) is 26.0. The first-order valence-electron chi connectivity index (χ1n) is 31.6. The fraction of sp³-hybridized carbons (Fsp3) is 0.391. The summed E-state index contributed by atoms with van der Waals surface area (Å²) in [5, 5.41) is 30.4. The Kier molecular flexibility index (Phi) is 24.0. The molecule has 3 aliphatic rings. The van der Waals surface area contributed by atoms with E-state index in [-0.39, 0.29) is 41.3 Å². The Morgan fingerprint density at radius 3 is 1.22 bits per heavy atom. The van der Waals surface area contributed by atoms with Crippen molar-refractivity contribution in [3.8, 4) is 22.3 Å². The number of aromatic carboxylic acids is 1. The van der Waals surface area contributed by atoms with Crippen molar-refractivity contribution in [1.29, 1.82) is 0 Å². The Morgan fingerprint density at radius 2 is 0.821 bits per heavy atom. The molecule has 0 atom stereocenters. The number of carbonyl (C=O) groups is 6. The van der Waals surface area contributed by atoms with Gasteiger partial charge in [0.2, 0.25) is 17.8 Å². The van der Waals surface area contributed by atoms with Gasteiger partial charge in [-0.2, -0.15) is 0 Å². The van der Waals surface area contributed by atoms with E-state index in [1.54, 1.807) is 48.8 Å². The van der Waals surface area contributed by atoms with Crippen LogP contribution >= 0.6 is 0 Å². The van der Waals surface area contributed by atoms with Crippen LogP contribution < -0.4 is 43.0 Å². The van der Waals surface area contributed by atoms with Gasteiger partial charge in [-0.1, -0.05) is 72.8 Å². The molecule has 502 valence electrons. The van der Waals surface area contributed by atoms with Gasteiger partial charge >= 0.3 is 24.2 Å². The third-order valence-corrected chi connectivity index (χ3v) is 14.8. The molecule has 0 bridgehead atoms. The van der Waals surface area contributed by atoms with Crippen LogP contribution in [0.3, 0.4) is 0 Å². The summed E-state index contributed by atoms with van der Waals surface area (Å²) in [6.07, 6.45) is 12.3. The van der Waals surface area contributed by atoms with Crippen LogP contribution in [0, 0.1) is 0 Å². The summed E-state index contributed by atoms with van der Waals surface area (Å²) in [4.78, 5) is 102. The smallest absolute Gasteiger partial charge is 0.412 e. The highest BCUT2D eigenvalue weighted by molar-refractivity contribution is 6.07. The summed E-state index contributed by atoms with van der Waals surface area (Å²) in [6.45, 7) is 20.7. The van der Waals surface area contributed by atoms with Gasteiger partial charge in [0.25, 0.3) is 11.8 Å². The van der Waals surface area contributed by atoms with E-state index >= 15 is 0 Å². The molecule has 10 N–H and O–H groups in total. The van der Waals surface area contributed by atoms with Crippen molar-refractivity contribution in [1.82, 2.24) is 45.0 Å². The van der Waals surface area contributed by atoms with Crippen LogP contribution in [0.15, 0.2) is 134 Å². The van der Waals surface area contributed by atoms with Crippen LogP contribution in [0.25, 0.3) is 22.3 Å². The molecule has 10 rings (SSSR count). The fourth-order valence-electron chi connectivity index (χ4n) is 9.98. The number of rotatable bonds is 14. The molecule has 0 unspecified atom stereocenters. The third-order valence-electron chi connectivity index (χ3n) is 14.8. The number of benzene rings is 4. The number of amides is 5. The van der Waals surface area contributed by atoms with Crippen molar-refractivity contribution in [2.75, 3.05) is 76.9 Å². The predicted molar refractivity (Wildman–Crippen MR) is 365 cm³/mol. The Bertz CT molecular complexity index is 3690. The number of likely N-dealkylation sites (tertiary alicyclic amines) is 2. The first-order chi connectivity index (χ1) is 45.2. The van der Waals surface area contributed by atoms with Gasteiger partial charge in [0.15, 0.2) is 0 Å². The van der Waals surface area contributed by atoms with Crippen molar-refractivity contribution < 1.29 is 48.1 Å². The van der Waals surface area contributed by atoms with Gasteiger partial charge in [-0.25, -0.2) is 49.1 Å². The standard InChI is InChI=1S/C32H40N6O5.C22H24N6O.C15H22N4O4/c1-31(2,3)42-29(40)37-25-13-12-22(21-10-8-7-9-11-21)18-26(25)36-27(39)23-19-33-28(34-20-23)35-24-14-16-38(17-15-24)30(41)43-32(4,5)6;23-19-7-6-16(15-4-2-1-3-5-15)12-20(19)28-21(29)17-13-25-22(26-14-17)27-18-8-10-24-11-9-18;1-15(2,3)23-14(22)19-6-4-11(5-7-19)18-13-16-8-10(9-17-13)12(20)21/h7-13,18-20,24H,14-17H2,1-6H3,(H,36,39)(H,37,40)(H,33,34,35);1-7,12-14,18,24H,8-11,23H2,(H,28,29)(H,25,26,27);8-9,11H,4-7H2,1-3H3,(H,20,21)(H,16,17,18). The first kappa shape index (κ1) is 70.4. The molecule has 0 aliphatic carbocycles. The quantitative estimate of drug-likeness (QED) is 0.0361. The van der Waals surface area contributed by atoms with E-state index in [1.165, 1.54) is 37.2 Å². The number of carboxylic acids is 1. The van der Waals surface area contributed by atoms with Crippen LogP contribution in [0.4, 0.5) is 55.0 Å². The number of ether oxygens (including phenoxy) is 3. The summed E-state index contributed by atoms with van der Waals surface area (Å²) in [5.74, 6) is -0.456. The monoisotopic (exact) mass is 1300 g/mol. The molecular formula is C69H86N16O10. The minimum absolute atomic E-state index is 0.0512. The summed E-state index contributed by atoms with van der Waals surface area (Å²) >= 11 is 0. The van der Waals surface area contributed by atoms with Crippen molar-refractivity contribution in [2.24, 2.45) is 0 Å². The van der Waals surface area contributed by atoms with E-state index < -0.39 is 34.8 Å². The van der Waals surface area contributed by atoms with Gasteiger partial charge in [-0.3, -0.25) is 14.9 Å². The Morgan fingerprint density at radius 1 is 0.453 bits per heavy atom. The van der Waals surface area contributed by atoms with Crippen molar-refractivity contribution in [2.45, 2.75) is 136 Å². The lowest BCUT2D eigenvalue weighted by Gasteiger charge is -2.33. The maximum atomic E-state index is 13.2. The number of anilines is 7. The number of carboxylic acid groups (broad SMARTS) is 1. The zero-order valence-corrected chi connectivity index (χ0v) is 55.2. The van der Waals surface area contributed by atoms with E-state index in [0.717, 1.165) is 73.9 Å². The number of nitrogens with zero attached hydrogens (tertiary/aromatic N) is 8. The van der Waals surface area contributed by atoms with Crippen molar-refractivity contribution in [3.05, 3.63) is 151 Å². The van der Waals surface area contributed by atoms with E-state index in [0.29, 0.717) is 78.4 Å². The molecule has 0 saturated carbocycles. The number of hydrogen-bond donors (Lipinski definition) is 9. The molecule has 26 nitrogen and oxygen atoms in total. The molecule has 3 aliphatic heterocycles. The second kappa shape index (κ2) is 32.4. The molecule has 26 heteroatoms. The lowest BCUT2D eigenvalue weighted by molar-refractivity contribution is 0.0199. The number of nitrogens with two attached hydrogens (primary N) is 1. The van der Waals surface area contributed by atoms with Gasteiger partial charge in [0, 0.05) is 81.5 Å². The molecule has 3 fully saturated rings. The molecule has 3 aromatic heterocycles. The highest BCUT2D eigenvalue weighted by Crippen LogP contribution is 2.32. The average molecular weight is 1300 g/mol.